The van der Waals surface area contributed by atoms with Crippen molar-refractivity contribution >= 4 is 0 Å². The zero-order valence-electron chi connectivity index (χ0n) is 10.2. The highest BCUT2D eigenvalue weighted by molar-refractivity contribution is 5.30. The highest BCUT2D eigenvalue weighted by Gasteiger charge is 2.61. The molecule has 0 radical (unpaired) electrons. The van der Waals surface area contributed by atoms with E-state index in [0.717, 1.165) is 12.8 Å². The molecular weight excluding hydrogens is 200 g/mol. The molecular formula is C13H18N2O. The van der Waals surface area contributed by atoms with Gasteiger partial charge >= 0.3 is 0 Å². The molecule has 0 aromatic carbocycles. The molecule has 0 bridgehead atoms. The average Bonchev–Trinajstić information content (AvgIpc) is 2.95. The predicted octanol–water partition coefficient (Wildman–Crippen LogP) is 2.26. The molecule has 0 N–H and O–H groups in total. The van der Waals surface area contributed by atoms with Crippen LogP contribution in [0, 0.1) is 22.7 Å². The topological polar surface area (TPSA) is 39.6 Å². The lowest BCUT2D eigenvalue weighted by Gasteiger charge is -2.27. The molecule has 3 nitrogen and oxygen atoms in total. The molecule has 0 aromatic heterocycles. The molecule has 16 heavy (non-hydrogen) atoms. The molecule has 2 heterocycles. The molecule has 3 aliphatic rings. The Morgan fingerprint density at radius 3 is 3.00 bits per heavy atom. The SMILES string of the molecule is CC1=C2CCC[C@H]2[C@@](C)(C#N)[C@H]2OC2N1C. The highest BCUT2D eigenvalue weighted by atomic mass is 16.6. The fourth-order valence-electron chi connectivity index (χ4n) is 3.53. The summed E-state index contributed by atoms with van der Waals surface area (Å²) in [6.45, 7) is 4.26. The number of nitriles is 1. The number of likely N-dealkylation sites (N-methyl/N-ethyl adjacent to an activating group) is 1. The Morgan fingerprint density at radius 1 is 1.56 bits per heavy atom. The minimum atomic E-state index is -0.317. The summed E-state index contributed by atoms with van der Waals surface area (Å²) in [5.74, 6) is 0.414. The molecule has 1 aliphatic carbocycles. The van der Waals surface area contributed by atoms with E-state index in [1.807, 2.05) is 0 Å². The Labute approximate surface area is 96.7 Å². The average molecular weight is 218 g/mol. The van der Waals surface area contributed by atoms with Crippen LogP contribution in [0.4, 0.5) is 0 Å². The summed E-state index contributed by atoms with van der Waals surface area (Å²) in [5, 5.41) is 9.52. The first kappa shape index (κ1) is 10.2. The van der Waals surface area contributed by atoms with Gasteiger partial charge in [0.25, 0.3) is 0 Å². The lowest BCUT2D eigenvalue weighted by molar-refractivity contribution is 0.194. The number of allylic oxidation sites excluding steroid dienone is 2. The summed E-state index contributed by atoms with van der Waals surface area (Å²) in [6.07, 6.45) is 3.79. The molecule has 0 spiro atoms. The van der Waals surface area contributed by atoms with E-state index in [-0.39, 0.29) is 17.7 Å². The van der Waals surface area contributed by atoms with Crippen LogP contribution in [0.15, 0.2) is 11.3 Å². The molecule has 1 unspecified atom stereocenters. The second-order valence-corrected chi connectivity index (χ2v) is 5.51. The lowest BCUT2D eigenvalue weighted by Crippen LogP contribution is -2.32. The fourth-order valence-corrected chi connectivity index (χ4v) is 3.53. The van der Waals surface area contributed by atoms with Crippen LogP contribution in [0.3, 0.4) is 0 Å². The van der Waals surface area contributed by atoms with Crippen LogP contribution in [0.1, 0.15) is 33.1 Å². The number of rotatable bonds is 0. The van der Waals surface area contributed by atoms with Gasteiger partial charge in [0.1, 0.15) is 6.10 Å². The van der Waals surface area contributed by atoms with Crippen molar-refractivity contribution in [1.82, 2.24) is 4.90 Å². The lowest BCUT2D eigenvalue weighted by atomic mass is 9.73. The van der Waals surface area contributed by atoms with Gasteiger partial charge in [0, 0.05) is 18.7 Å². The van der Waals surface area contributed by atoms with Crippen molar-refractivity contribution in [2.45, 2.75) is 45.4 Å². The molecule has 0 amide bonds. The van der Waals surface area contributed by atoms with E-state index in [1.54, 1.807) is 0 Å². The van der Waals surface area contributed by atoms with Crippen molar-refractivity contribution < 1.29 is 4.74 Å². The Kier molecular flexibility index (Phi) is 1.91. The Bertz CT molecular complexity index is 409. The monoisotopic (exact) mass is 218 g/mol. The van der Waals surface area contributed by atoms with Crippen molar-refractivity contribution in [3.8, 4) is 6.07 Å². The van der Waals surface area contributed by atoms with Crippen molar-refractivity contribution in [2.24, 2.45) is 11.3 Å². The fraction of sp³-hybridized carbons (Fsp3) is 0.769. The van der Waals surface area contributed by atoms with Gasteiger partial charge in [-0.05, 0) is 38.7 Å². The van der Waals surface area contributed by atoms with Crippen molar-refractivity contribution in [1.29, 1.82) is 5.26 Å². The van der Waals surface area contributed by atoms with Gasteiger partial charge in [0.2, 0.25) is 0 Å². The molecule has 1 saturated carbocycles. The van der Waals surface area contributed by atoms with Gasteiger partial charge in [-0.25, -0.2) is 0 Å². The van der Waals surface area contributed by atoms with E-state index in [2.05, 4.69) is 31.9 Å². The van der Waals surface area contributed by atoms with Crippen LogP contribution in [-0.4, -0.2) is 24.3 Å². The van der Waals surface area contributed by atoms with Gasteiger partial charge in [-0.2, -0.15) is 5.26 Å². The molecule has 2 fully saturated rings. The first-order valence-electron chi connectivity index (χ1n) is 6.09. The van der Waals surface area contributed by atoms with Gasteiger partial charge in [-0.15, -0.1) is 0 Å². The number of hydrogen-bond acceptors (Lipinski definition) is 3. The van der Waals surface area contributed by atoms with E-state index in [4.69, 9.17) is 4.74 Å². The van der Waals surface area contributed by atoms with Gasteiger partial charge in [0.15, 0.2) is 6.23 Å². The summed E-state index contributed by atoms with van der Waals surface area (Å²) in [7, 11) is 2.09. The largest absolute Gasteiger partial charge is 0.351 e. The predicted molar refractivity (Wildman–Crippen MR) is 60.2 cm³/mol. The minimum absolute atomic E-state index is 0.109. The number of nitrogens with zero attached hydrogens (tertiary/aromatic N) is 2. The third kappa shape index (κ3) is 1.06. The molecule has 3 heteroatoms. The Morgan fingerprint density at radius 2 is 2.31 bits per heavy atom. The smallest absolute Gasteiger partial charge is 0.158 e. The van der Waals surface area contributed by atoms with Gasteiger partial charge < -0.3 is 9.64 Å². The molecule has 1 saturated heterocycles. The zero-order chi connectivity index (χ0) is 11.5. The Balaban J connectivity index is 2.11. The number of fused-ring (bicyclic) bond motifs is 2. The summed E-state index contributed by atoms with van der Waals surface area (Å²) in [5.41, 5.74) is 2.53. The van der Waals surface area contributed by atoms with Crippen LogP contribution in [0.25, 0.3) is 0 Å². The summed E-state index contributed by atoms with van der Waals surface area (Å²) >= 11 is 0. The normalized spacial score (nSPS) is 45.9. The second-order valence-electron chi connectivity index (χ2n) is 5.51. The molecule has 2 aliphatic heterocycles. The molecule has 0 aromatic rings. The van der Waals surface area contributed by atoms with Crippen LogP contribution in [0.2, 0.25) is 0 Å². The van der Waals surface area contributed by atoms with E-state index in [1.165, 1.54) is 17.7 Å². The number of epoxide rings is 1. The van der Waals surface area contributed by atoms with E-state index >= 15 is 0 Å². The van der Waals surface area contributed by atoms with Crippen molar-refractivity contribution in [3.63, 3.8) is 0 Å². The summed E-state index contributed by atoms with van der Waals surface area (Å²) < 4.78 is 5.72. The third-order valence-electron chi connectivity index (χ3n) is 4.76. The van der Waals surface area contributed by atoms with E-state index in [9.17, 15) is 5.26 Å². The number of hydrogen-bond donors (Lipinski definition) is 0. The zero-order valence-corrected chi connectivity index (χ0v) is 10.2. The first-order chi connectivity index (χ1) is 7.59. The van der Waals surface area contributed by atoms with Gasteiger partial charge in [-0.1, -0.05) is 0 Å². The van der Waals surface area contributed by atoms with Gasteiger partial charge in [0.05, 0.1) is 11.5 Å². The third-order valence-corrected chi connectivity index (χ3v) is 4.76. The maximum Gasteiger partial charge on any atom is 0.158 e. The standard InChI is InChI=1S/C13H18N2O/c1-8-9-5-4-6-10(9)13(2,7-14)11-12(16-11)15(8)3/h10-12H,4-6H2,1-3H3/t10-,11+,12?,13-/m1/s1. The minimum Gasteiger partial charge on any atom is -0.351 e. The maximum absolute atomic E-state index is 9.52. The maximum atomic E-state index is 9.52. The second kappa shape index (κ2) is 3.01. The molecule has 86 valence electrons. The van der Waals surface area contributed by atoms with E-state index in [0.29, 0.717) is 5.92 Å². The van der Waals surface area contributed by atoms with Crippen molar-refractivity contribution in [2.75, 3.05) is 7.05 Å². The van der Waals surface area contributed by atoms with Crippen molar-refractivity contribution in [3.05, 3.63) is 11.3 Å². The van der Waals surface area contributed by atoms with Gasteiger partial charge in [-0.3, -0.25) is 0 Å². The van der Waals surface area contributed by atoms with E-state index < -0.39 is 0 Å². The van der Waals surface area contributed by atoms with Crippen LogP contribution in [0.5, 0.6) is 0 Å². The summed E-state index contributed by atoms with van der Waals surface area (Å²) in [4.78, 5) is 2.22. The first-order valence-corrected chi connectivity index (χ1v) is 6.09. The van der Waals surface area contributed by atoms with Crippen LogP contribution in [-0.2, 0) is 4.74 Å². The highest BCUT2D eigenvalue weighted by Crippen LogP contribution is 2.55. The summed E-state index contributed by atoms with van der Waals surface area (Å²) in [6, 6.07) is 2.54. The van der Waals surface area contributed by atoms with Crippen LogP contribution < -0.4 is 0 Å². The molecule has 4 atom stereocenters. The number of ether oxygens (including phenoxy) is 1. The Hall–Kier alpha value is -1.01. The quantitative estimate of drug-likeness (QED) is 0.585. The molecule has 3 rings (SSSR count). The van der Waals surface area contributed by atoms with Crippen LogP contribution >= 0.6 is 0 Å².